The van der Waals surface area contributed by atoms with E-state index in [4.69, 9.17) is 5.73 Å². The van der Waals surface area contributed by atoms with Crippen molar-refractivity contribution >= 4 is 17.7 Å². The molecule has 2 saturated heterocycles. The van der Waals surface area contributed by atoms with E-state index in [-0.39, 0.29) is 17.7 Å². The fourth-order valence-corrected chi connectivity index (χ4v) is 2.44. The molecule has 0 saturated carbocycles. The first-order valence-electron chi connectivity index (χ1n) is 59.9. The fraction of sp³-hybridized carbons (Fsp3) is 0.975. The zero-order valence-corrected chi connectivity index (χ0v) is 118. The summed E-state index contributed by atoms with van der Waals surface area (Å²) in [6, 6.07) is 0. The van der Waals surface area contributed by atoms with Crippen molar-refractivity contribution in [3.05, 3.63) is 0 Å². The summed E-state index contributed by atoms with van der Waals surface area (Å²) in [6.07, 6.45) is 0. The molecule has 11 heteroatoms. The molecular formula is C118H340N8O3. The Bertz CT molecular complexity index is 462. The van der Waals surface area contributed by atoms with Crippen LogP contribution in [0.5, 0.6) is 0 Å². The monoisotopic (exact) mass is 1920 g/mol. The zero-order valence-electron chi connectivity index (χ0n) is 118. The maximum absolute atomic E-state index is 10.5. The minimum Gasteiger partial charge on any atom is -0.359 e. The van der Waals surface area contributed by atoms with Crippen LogP contribution < -0.4 is 32.3 Å². The number of hydrogen-bond donors (Lipinski definition) is 6. The van der Waals surface area contributed by atoms with Gasteiger partial charge in [-0.05, 0) is 0 Å². The maximum Gasteiger partial charge on any atom is 0.216 e. The summed E-state index contributed by atoms with van der Waals surface area (Å²) in [7, 11) is 3.20. The Balaban J connectivity index is -0.00000001000. The molecule has 2 fully saturated rings. The summed E-state index contributed by atoms with van der Waals surface area (Å²) in [5, 5.41) is 14.1. The van der Waals surface area contributed by atoms with Gasteiger partial charge in [-0.3, -0.25) is 24.2 Å². The summed E-state index contributed by atoms with van der Waals surface area (Å²) in [4.78, 5) is 34.7. The lowest BCUT2D eigenvalue weighted by molar-refractivity contribution is -0.119. The number of rotatable bonds is 5. The van der Waals surface area contributed by atoms with Crippen molar-refractivity contribution in [2.24, 2.45) is 5.73 Å². The lowest BCUT2D eigenvalue weighted by Crippen LogP contribution is -2.46. The zero-order chi connectivity index (χ0) is 122. The highest BCUT2D eigenvalue weighted by Crippen LogP contribution is 1.90. The van der Waals surface area contributed by atoms with Crippen molar-refractivity contribution in [1.29, 1.82) is 0 Å². The van der Waals surface area contributed by atoms with Crippen LogP contribution in [0.2, 0.25) is 0 Å². The second-order valence-electron chi connectivity index (χ2n) is 7.07. The molecule has 0 aromatic heterocycles. The van der Waals surface area contributed by atoms with Gasteiger partial charge in [-0.2, -0.15) is 0 Å². The van der Waals surface area contributed by atoms with E-state index in [1.165, 1.54) is 13.8 Å². The molecule has 0 atom stereocenters. The Hall–Kier alpha value is -1.79. The van der Waals surface area contributed by atoms with Gasteiger partial charge in [0.25, 0.3) is 0 Å². The molecule has 129 heavy (non-hydrogen) atoms. The van der Waals surface area contributed by atoms with Crippen LogP contribution in [0.3, 0.4) is 0 Å². The SMILES string of the molecule is CC.CC.CC.CC.CC.CC.CC.CC.CC.CC.CC.CC.CC.CC.CC.CC.CC.CC.CC.CC.CC.CC.CC.CC.CC.CC.CC.CC.CC.CC.CC.CC.CC.CC.CC.CC.CC.CC.CC.CC.CC.CC.CC.CC.CC.CC.CC.CC.CC.CC(=O)NCCN1CCNCC1.CNC(C)=O.CNC(C)=O.NCCN1CCNCC1. The third-order valence-corrected chi connectivity index (χ3v) is 4.37. The third-order valence-electron chi connectivity index (χ3n) is 4.37. The van der Waals surface area contributed by atoms with E-state index in [0.29, 0.717) is 0 Å². The Labute approximate surface area is 861 Å². The second kappa shape index (κ2) is 2170. The Morgan fingerprint density at radius 2 is 0.271 bits per heavy atom. The van der Waals surface area contributed by atoms with Gasteiger partial charge in [-0.1, -0.05) is 679 Å². The highest BCUT2D eigenvalue weighted by Gasteiger charge is 2.08. The number of carbonyl (C=O) groups is 3. The molecule has 7 N–H and O–H groups in total. The van der Waals surface area contributed by atoms with Gasteiger partial charge in [-0.25, -0.2) is 0 Å². The van der Waals surface area contributed by atoms with Gasteiger partial charge in [-0.15, -0.1) is 0 Å². The summed E-state index contributed by atoms with van der Waals surface area (Å²) in [5.74, 6) is 0.0696. The topological polar surface area (TPSA) is 144 Å². The summed E-state index contributed by atoms with van der Waals surface area (Å²) < 4.78 is 0. The molecule has 2 heterocycles. The Morgan fingerprint density at radius 1 is 0.186 bits per heavy atom. The predicted octanol–water partition coefficient (Wildman–Crippen LogP) is 47.7. The van der Waals surface area contributed by atoms with Gasteiger partial charge in [0.2, 0.25) is 17.7 Å². The molecule has 0 radical (unpaired) electrons. The van der Waals surface area contributed by atoms with Crippen LogP contribution in [0.25, 0.3) is 0 Å². The van der Waals surface area contributed by atoms with E-state index in [2.05, 4.69) is 36.4 Å². The van der Waals surface area contributed by atoms with Crippen molar-refractivity contribution in [2.75, 3.05) is 92.6 Å². The summed E-state index contributed by atoms with van der Waals surface area (Å²) in [6.45, 7) is 213. The molecule has 2 aliphatic heterocycles. The van der Waals surface area contributed by atoms with E-state index >= 15 is 0 Å². The maximum atomic E-state index is 10.5. The molecule has 0 aromatic carbocycles. The van der Waals surface area contributed by atoms with Gasteiger partial charge in [0, 0.05) is 113 Å². The molecule has 870 valence electrons. The van der Waals surface area contributed by atoms with Crippen LogP contribution in [-0.2, 0) is 14.4 Å². The van der Waals surface area contributed by atoms with E-state index in [0.717, 1.165) is 78.5 Å². The molecule has 3 amide bonds. The molecule has 0 unspecified atom stereocenters. The largest absolute Gasteiger partial charge is 0.359 e. The third kappa shape index (κ3) is 2630. The molecule has 0 bridgehead atoms. The molecular weight excluding hydrogens is 1580 g/mol. The van der Waals surface area contributed by atoms with Crippen molar-refractivity contribution in [3.8, 4) is 0 Å². The van der Waals surface area contributed by atoms with Crippen molar-refractivity contribution in [2.45, 2.75) is 699 Å². The first-order chi connectivity index (χ1) is 63.8. The van der Waals surface area contributed by atoms with Crippen LogP contribution in [0.4, 0.5) is 0 Å². The highest BCUT2D eigenvalue weighted by atomic mass is 16.2. The van der Waals surface area contributed by atoms with E-state index in [1.54, 1.807) is 21.0 Å². The number of amides is 3. The fourth-order valence-electron chi connectivity index (χ4n) is 2.44. The Morgan fingerprint density at radius 3 is 0.341 bits per heavy atom. The molecule has 0 spiro atoms. The average molecular weight is 1920 g/mol. The second-order valence-corrected chi connectivity index (χ2v) is 7.07. The predicted molar refractivity (Wildman–Crippen MR) is 682 cm³/mol. The lowest BCUT2D eigenvalue weighted by Gasteiger charge is -2.26. The number of hydrogen-bond acceptors (Lipinski definition) is 8. The van der Waals surface area contributed by atoms with Crippen LogP contribution in [-0.4, -0.2) is 120 Å². The summed E-state index contributed by atoms with van der Waals surface area (Å²) in [5.41, 5.74) is 5.40. The van der Waals surface area contributed by atoms with E-state index in [1.807, 2.05) is 679 Å². The van der Waals surface area contributed by atoms with Gasteiger partial charge >= 0.3 is 0 Å². The first kappa shape index (κ1) is 349. The molecule has 2 rings (SSSR count). The van der Waals surface area contributed by atoms with Crippen LogP contribution in [0, 0.1) is 0 Å². The standard InChI is InChI=1S/C8H17N3O.C6H15N3.2C3H7NO.49C2H6/c1-8(12)10-4-7-11-5-2-9-3-6-11;7-1-4-9-5-2-8-3-6-9;2*1-3(5)4-2;49*1-2/h9H,2-7H2,1H3,(H,10,12);8H,1-7H2;2*1-2H3,(H,4,5);49*1-2H3. The van der Waals surface area contributed by atoms with Gasteiger partial charge in [0.05, 0.1) is 0 Å². The average Bonchev–Trinajstić information content (AvgIpc) is 0.980. The normalized spacial score (nSPS) is 6.14. The van der Waals surface area contributed by atoms with Crippen LogP contribution in [0.1, 0.15) is 699 Å². The van der Waals surface area contributed by atoms with E-state index < -0.39 is 0 Å². The molecule has 0 aromatic rings. The smallest absolute Gasteiger partial charge is 0.216 e. The molecule has 2 aliphatic rings. The minimum atomic E-state index is 0.00463. The Kier molecular flexibility index (Phi) is 5860. The van der Waals surface area contributed by atoms with Crippen molar-refractivity contribution in [3.63, 3.8) is 0 Å². The highest BCUT2D eigenvalue weighted by molar-refractivity contribution is 5.73. The lowest BCUT2D eigenvalue weighted by atomic mass is 10.3. The van der Waals surface area contributed by atoms with Crippen LogP contribution >= 0.6 is 0 Å². The molecule has 11 nitrogen and oxygen atoms in total. The van der Waals surface area contributed by atoms with E-state index in [9.17, 15) is 14.4 Å². The molecule has 0 aliphatic carbocycles. The first-order valence-corrected chi connectivity index (χ1v) is 59.9. The quantitative estimate of drug-likeness (QED) is 0.160. The number of nitrogens with zero attached hydrogens (tertiary/aromatic N) is 2. The number of piperazine rings is 2. The van der Waals surface area contributed by atoms with Gasteiger partial charge in [0.15, 0.2) is 0 Å². The number of nitrogens with one attached hydrogen (secondary N) is 5. The van der Waals surface area contributed by atoms with Crippen LogP contribution in [0.15, 0.2) is 0 Å². The van der Waals surface area contributed by atoms with Gasteiger partial charge in [0.1, 0.15) is 0 Å². The summed E-state index contributed by atoms with van der Waals surface area (Å²) >= 11 is 0. The number of nitrogens with two attached hydrogens (primary N) is 1. The van der Waals surface area contributed by atoms with Crippen molar-refractivity contribution in [1.82, 2.24) is 36.4 Å². The minimum absolute atomic E-state index is 0.00463. The number of carbonyl (C=O) groups excluding carboxylic acids is 3. The van der Waals surface area contributed by atoms with Crippen molar-refractivity contribution < 1.29 is 14.4 Å². The van der Waals surface area contributed by atoms with Gasteiger partial charge < -0.3 is 32.3 Å².